The zero-order valence-electron chi connectivity index (χ0n) is 9.47. The first-order valence-electron chi connectivity index (χ1n) is 5.18. The average molecular weight is 322 g/mol. The first-order chi connectivity index (χ1) is 9.26. The van der Waals surface area contributed by atoms with Crippen LogP contribution < -0.4 is 11.3 Å². The Morgan fingerprint density at radius 3 is 2.68 bits per heavy atom. The van der Waals surface area contributed by atoms with Crippen LogP contribution in [0.4, 0.5) is 5.95 Å². The average Bonchev–Trinajstić information content (AvgIpc) is 3.09. The van der Waals surface area contributed by atoms with Crippen LogP contribution in [0, 0.1) is 0 Å². The van der Waals surface area contributed by atoms with Crippen LogP contribution in [0.25, 0.3) is 11.9 Å². The van der Waals surface area contributed by atoms with Gasteiger partial charge in [-0.2, -0.15) is 20.1 Å². The van der Waals surface area contributed by atoms with Crippen molar-refractivity contribution in [3.63, 3.8) is 0 Å². The molecule has 10 heteroatoms. The first kappa shape index (κ1) is 11.7. The van der Waals surface area contributed by atoms with Crippen LogP contribution in [0.3, 0.4) is 0 Å². The number of hydrogen-bond acceptors (Lipinski definition) is 7. The summed E-state index contributed by atoms with van der Waals surface area (Å²) in [5, 5.41) is 4.11. The molecule has 3 heterocycles. The second kappa shape index (κ2) is 4.74. The van der Waals surface area contributed by atoms with E-state index in [0.717, 1.165) is 4.47 Å². The van der Waals surface area contributed by atoms with Gasteiger partial charge in [-0.25, -0.2) is 15.5 Å². The Labute approximate surface area is 115 Å². The van der Waals surface area contributed by atoms with Crippen LogP contribution in [-0.4, -0.2) is 34.3 Å². The van der Waals surface area contributed by atoms with Crippen molar-refractivity contribution >= 4 is 21.9 Å². The van der Waals surface area contributed by atoms with Crippen LogP contribution in [0.1, 0.15) is 0 Å². The van der Waals surface area contributed by atoms with Crippen LogP contribution in [0.5, 0.6) is 0 Å². The number of halogens is 1. The molecule has 0 aromatic carbocycles. The van der Waals surface area contributed by atoms with Crippen LogP contribution in [-0.2, 0) is 0 Å². The molecule has 0 aliphatic heterocycles. The second-order valence-electron chi connectivity index (χ2n) is 3.48. The van der Waals surface area contributed by atoms with Gasteiger partial charge in [-0.3, -0.25) is 9.99 Å². The lowest BCUT2D eigenvalue weighted by Crippen LogP contribution is -2.16. The number of nitrogens with two attached hydrogens (primary N) is 1. The third kappa shape index (κ3) is 2.30. The Morgan fingerprint density at radius 2 is 2.05 bits per heavy atom. The molecule has 0 radical (unpaired) electrons. The van der Waals surface area contributed by atoms with E-state index in [-0.39, 0.29) is 5.95 Å². The number of aromatic nitrogens is 7. The van der Waals surface area contributed by atoms with Crippen molar-refractivity contribution in [2.24, 2.45) is 5.84 Å². The molecule has 0 bridgehead atoms. The normalized spacial score (nSPS) is 10.6. The molecule has 0 aliphatic rings. The summed E-state index contributed by atoms with van der Waals surface area (Å²) in [7, 11) is 0. The number of nitrogens with zero attached hydrogens (tertiary/aromatic N) is 7. The fourth-order valence-corrected chi connectivity index (χ4v) is 1.71. The fourth-order valence-electron chi connectivity index (χ4n) is 1.42. The summed E-state index contributed by atoms with van der Waals surface area (Å²) in [6.07, 6.45) is 8.30. The third-order valence-corrected chi connectivity index (χ3v) is 2.64. The van der Waals surface area contributed by atoms with Gasteiger partial charge in [0, 0.05) is 18.6 Å². The summed E-state index contributed by atoms with van der Waals surface area (Å²) >= 11 is 3.31. The summed E-state index contributed by atoms with van der Waals surface area (Å²) in [5.41, 5.74) is 2.40. The highest BCUT2D eigenvalue weighted by Gasteiger charge is 2.09. The molecule has 9 nitrogen and oxygen atoms in total. The van der Waals surface area contributed by atoms with Crippen molar-refractivity contribution in [2.75, 3.05) is 5.43 Å². The van der Waals surface area contributed by atoms with Crippen molar-refractivity contribution < 1.29 is 0 Å². The molecule has 0 amide bonds. The maximum atomic E-state index is 5.36. The van der Waals surface area contributed by atoms with Crippen LogP contribution in [0.2, 0.25) is 0 Å². The standard InChI is InChI=1S/C9H8BrN9/c10-6-3-13-19(4-6)9-15-7(17-11)14-8(16-9)18-2-1-12-5-18/h1-5H,11H2,(H,14,15,16,17). The van der Waals surface area contributed by atoms with E-state index < -0.39 is 0 Å². The summed E-state index contributed by atoms with van der Waals surface area (Å²) in [6.45, 7) is 0. The third-order valence-electron chi connectivity index (χ3n) is 2.23. The second-order valence-corrected chi connectivity index (χ2v) is 4.39. The quantitative estimate of drug-likeness (QED) is 0.526. The Bertz CT molecular complexity index is 690. The van der Waals surface area contributed by atoms with E-state index in [1.807, 2.05) is 0 Å². The van der Waals surface area contributed by atoms with E-state index in [4.69, 9.17) is 5.84 Å². The van der Waals surface area contributed by atoms with Crippen LogP contribution >= 0.6 is 15.9 Å². The van der Waals surface area contributed by atoms with Crippen molar-refractivity contribution in [1.82, 2.24) is 34.3 Å². The van der Waals surface area contributed by atoms with Gasteiger partial charge in [0.1, 0.15) is 6.33 Å². The highest BCUT2D eigenvalue weighted by Crippen LogP contribution is 2.12. The number of nitrogens with one attached hydrogen (secondary N) is 1. The highest BCUT2D eigenvalue weighted by atomic mass is 79.9. The topological polar surface area (TPSA) is 112 Å². The van der Waals surface area contributed by atoms with Crippen molar-refractivity contribution in [1.29, 1.82) is 0 Å². The molecular formula is C9H8BrN9. The van der Waals surface area contributed by atoms with Gasteiger partial charge in [-0.1, -0.05) is 0 Å². The van der Waals surface area contributed by atoms with Gasteiger partial charge < -0.3 is 0 Å². The predicted octanol–water partition coefficient (Wildman–Crippen LogP) is 0.291. The maximum absolute atomic E-state index is 5.36. The van der Waals surface area contributed by atoms with Gasteiger partial charge in [0.25, 0.3) is 5.95 Å². The lowest BCUT2D eigenvalue weighted by atomic mass is 10.7. The van der Waals surface area contributed by atoms with Crippen molar-refractivity contribution in [2.45, 2.75) is 0 Å². The monoisotopic (exact) mass is 321 g/mol. The number of hydrazine groups is 1. The van der Waals surface area contributed by atoms with Gasteiger partial charge in [0.15, 0.2) is 0 Å². The van der Waals surface area contributed by atoms with Gasteiger partial charge in [0.2, 0.25) is 11.9 Å². The Hall–Kier alpha value is -2.33. The lowest BCUT2D eigenvalue weighted by molar-refractivity contribution is 0.775. The van der Waals surface area contributed by atoms with E-state index in [9.17, 15) is 0 Å². The molecule has 0 unspecified atom stereocenters. The summed E-state index contributed by atoms with van der Waals surface area (Å²) < 4.78 is 3.97. The SMILES string of the molecule is NNc1nc(-n2ccnc2)nc(-n2cc(Br)cn2)n1. The molecule has 0 fully saturated rings. The lowest BCUT2D eigenvalue weighted by Gasteiger charge is -2.06. The fraction of sp³-hybridized carbons (Fsp3) is 0. The van der Waals surface area contributed by atoms with Crippen molar-refractivity contribution in [3.8, 4) is 11.9 Å². The molecule has 96 valence electrons. The van der Waals surface area contributed by atoms with E-state index in [1.165, 1.54) is 4.68 Å². The molecule has 0 spiro atoms. The molecule has 0 atom stereocenters. The number of rotatable bonds is 3. The van der Waals surface area contributed by atoms with Gasteiger partial charge in [-0.15, -0.1) is 0 Å². The van der Waals surface area contributed by atoms with Crippen LogP contribution in [0.15, 0.2) is 35.6 Å². The Balaban J connectivity index is 2.12. The Kier molecular flexibility index (Phi) is 2.93. The minimum Gasteiger partial charge on any atom is -0.292 e. The first-order valence-corrected chi connectivity index (χ1v) is 5.97. The van der Waals surface area contributed by atoms with E-state index in [2.05, 4.69) is 46.4 Å². The summed E-state index contributed by atoms with van der Waals surface area (Å²) in [6, 6.07) is 0. The Morgan fingerprint density at radius 1 is 1.21 bits per heavy atom. The molecule has 3 aromatic rings. The number of nitrogen functional groups attached to an aromatic ring is 1. The smallest absolute Gasteiger partial charge is 0.257 e. The van der Waals surface area contributed by atoms with Crippen molar-refractivity contribution in [3.05, 3.63) is 35.6 Å². The molecule has 3 aromatic heterocycles. The number of imidazole rings is 1. The molecule has 0 saturated heterocycles. The van der Waals surface area contributed by atoms with E-state index in [0.29, 0.717) is 11.9 Å². The zero-order chi connectivity index (χ0) is 13.2. The molecular weight excluding hydrogens is 314 g/mol. The molecule has 3 rings (SSSR count). The highest BCUT2D eigenvalue weighted by molar-refractivity contribution is 9.10. The van der Waals surface area contributed by atoms with E-state index in [1.54, 1.807) is 35.7 Å². The number of hydrogen-bond donors (Lipinski definition) is 2. The van der Waals surface area contributed by atoms with Gasteiger partial charge in [0.05, 0.1) is 10.7 Å². The van der Waals surface area contributed by atoms with E-state index >= 15 is 0 Å². The largest absolute Gasteiger partial charge is 0.292 e. The molecule has 19 heavy (non-hydrogen) atoms. The molecule has 3 N–H and O–H groups in total. The number of anilines is 1. The summed E-state index contributed by atoms with van der Waals surface area (Å²) in [5.74, 6) is 6.33. The minimum atomic E-state index is 0.236. The summed E-state index contributed by atoms with van der Waals surface area (Å²) in [4.78, 5) is 16.5. The van der Waals surface area contributed by atoms with Gasteiger partial charge in [-0.05, 0) is 15.9 Å². The maximum Gasteiger partial charge on any atom is 0.257 e. The molecule has 0 aliphatic carbocycles. The van der Waals surface area contributed by atoms with Gasteiger partial charge >= 0.3 is 0 Å². The predicted molar refractivity (Wildman–Crippen MR) is 69.6 cm³/mol. The minimum absolute atomic E-state index is 0.236. The molecule has 0 saturated carbocycles. The zero-order valence-corrected chi connectivity index (χ0v) is 11.1.